The van der Waals surface area contributed by atoms with Gasteiger partial charge >= 0.3 is 5.69 Å². The molecular formula is C17H20N6O3. The number of aromatic nitrogens is 4. The highest BCUT2D eigenvalue weighted by atomic mass is 16.5. The van der Waals surface area contributed by atoms with Crippen molar-refractivity contribution < 1.29 is 4.74 Å². The zero-order valence-corrected chi connectivity index (χ0v) is 14.8. The van der Waals surface area contributed by atoms with Crippen LogP contribution >= 0.6 is 0 Å². The van der Waals surface area contributed by atoms with E-state index in [1.807, 2.05) is 19.0 Å². The van der Waals surface area contributed by atoms with Gasteiger partial charge in [-0.25, -0.2) is 14.3 Å². The van der Waals surface area contributed by atoms with Gasteiger partial charge in [0.2, 0.25) is 5.95 Å². The number of hydrogen-bond acceptors (Lipinski definition) is 7. The molecule has 0 aliphatic rings. The van der Waals surface area contributed by atoms with Crippen molar-refractivity contribution in [2.45, 2.75) is 0 Å². The first kappa shape index (κ1) is 17.6. The van der Waals surface area contributed by atoms with Crippen LogP contribution in [0.5, 0.6) is 5.75 Å². The molecule has 9 nitrogen and oxygen atoms in total. The van der Waals surface area contributed by atoms with Crippen molar-refractivity contribution in [3.05, 3.63) is 51.3 Å². The van der Waals surface area contributed by atoms with E-state index in [2.05, 4.69) is 20.3 Å². The van der Waals surface area contributed by atoms with Crippen LogP contribution in [0.25, 0.3) is 16.7 Å². The van der Waals surface area contributed by atoms with Crippen molar-refractivity contribution in [3.63, 3.8) is 0 Å². The SMILES string of the molecule is COc1ccc(-n2c(=O)[nH]c3nc(NCCN(C)C)ncc3c2=O)cc1. The summed E-state index contributed by atoms with van der Waals surface area (Å²) in [6.45, 7) is 1.45. The molecule has 0 fully saturated rings. The summed E-state index contributed by atoms with van der Waals surface area (Å²) in [6.07, 6.45) is 1.42. The number of methoxy groups -OCH3 is 1. The second-order valence-corrected chi connectivity index (χ2v) is 5.95. The zero-order valence-electron chi connectivity index (χ0n) is 14.8. The summed E-state index contributed by atoms with van der Waals surface area (Å²) in [5.41, 5.74) is -0.404. The molecule has 3 rings (SSSR count). The van der Waals surface area contributed by atoms with Crippen LogP contribution in [0.1, 0.15) is 0 Å². The number of ether oxygens (including phenoxy) is 1. The van der Waals surface area contributed by atoms with E-state index < -0.39 is 11.2 Å². The zero-order chi connectivity index (χ0) is 18.7. The molecule has 0 aliphatic heterocycles. The lowest BCUT2D eigenvalue weighted by atomic mass is 10.3. The minimum atomic E-state index is -0.564. The third-order valence-corrected chi connectivity index (χ3v) is 3.82. The van der Waals surface area contributed by atoms with Crippen molar-refractivity contribution in [2.75, 3.05) is 39.6 Å². The summed E-state index contributed by atoms with van der Waals surface area (Å²) >= 11 is 0. The van der Waals surface area contributed by atoms with Crippen LogP contribution in [-0.4, -0.2) is 58.7 Å². The van der Waals surface area contributed by atoms with E-state index in [1.165, 1.54) is 6.20 Å². The van der Waals surface area contributed by atoms with Crippen LogP contribution in [0.3, 0.4) is 0 Å². The van der Waals surface area contributed by atoms with Gasteiger partial charge in [-0.1, -0.05) is 0 Å². The molecule has 136 valence electrons. The van der Waals surface area contributed by atoms with Crippen molar-refractivity contribution in [3.8, 4) is 11.4 Å². The van der Waals surface area contributed by atoms with Gasteiger partial charge in [-0.05, 0) is 38.4 Å². The molecule has 2 heterocycles. The van der Waals surface area contributed by atoms with Gasteiger partial charge in [0.1, 0.15) is 11.1 Å². The van der Waals surface area contributed by atoms with Gasteiger partial charge < -0.3 is 15.0 Å². The standard InChI is InChI=1S/C17H20N6O3/c1-22(2)9-8-18-16-19-10-13-14(20-16)21-17(25)23(15(13)24)11-4-6-12(26-3)7-5-11/h4-7,10H,8-9H2,1-3H3,(H2,18,19,20,21,25). The molecule has 0 radical (unpaired) electrons. The number of rotatable bonds is 6. The minimum Gasteiger partial charge on any atom is -0.497 e. The molecule has 0 unspecified atom stereocenters. The summed E-state index contributed by atoms with van der Waals surface area (Å²) in [5, 5.41) is 3.29. The average Bonchev–Trinajstić information content (AvgIpc) is 2.61. The monoisotopic (exact) mass is 356 g/mol. The van der Waals surface area contributed by atoms with E-state index >= 15 is 0 Å². The Morgan fingerprint density at radius 3 is 2.62 bits per heavy atom. The number of fused-ring (bicyclic) bond motifs is 1. The van der Waals surface area contributed by atoms with Crippen LogP contribution in [0.4, 0.5) is 5.95 Å². The Kier molecular flexibility index (Phi) is 4.99. The van der Waals surface area contributed by atoms with E-state index in [1.54, 1.807) is 31.4 Å². The molecule has 9 heteroatoms. The van der Waals surface area contributed by atoms with Crippen molar-refractivity contribution in [1.82, 2.24) is 24.4 Å². The number of nitrogens with one attached hydrogen (secondary N) is 2. The smallest absolute Gasteiger partial charge is 0.334 e. The number of hydrogen-bond donors (Lipinski definition) is 2. The minimum absolute atomic E-state index is 0.201. The molecule has 2 N–H and O–H groups in total. The van der Waals surface area contributed by atoms with Crippen LogP contribution in [0.2, 0.25) is 0 Å². The molecule has 26 heavy (non-hydrogen) atoms. The van der Waals surface area contributed by atoms with E-state index in [9.17, 15) is 9.59 Å². The highest BCUT2D eigenvalue weighted by Crippen LogP contribution is 2.13. The fraction of sp³-hybridized carbons (Fsp3) is 0.294. The summed E-state index contributed by atoms with van der Waals surface area (Å²) in [4.78, 5) is 38.2. The molecule has 0 spiro atoms. The lowest BCUT2D eigenvalue weighted by Crippen LogP contribution is -2.34. The Labute approximate surface area is 149 Å². The van der Waals surface area contributed by atoms with E-state index in [4.69, 9.17) is 4.74 Å². The van der Waals surface area contributed by atoms with Crippen LogP contribution in [0, 0.1) is 0 Å². The third-order valence-electron chi connectivity index (χ3n) is 3.82. The molecule has 0 saturated carbocycles. The Morgan fingerprint density at radius 2 is 1.96 bits per heavy atom. The number of nitrogens with zero attached hydrogens (tertiary/aromatic N) is 4. The maximum absolute atomic E-state index is 12.7. The molecule has 0 atom stereocenters. The van der Waals surface area contributed by atoms with Gasteiger partial charge in [0, 0.05) is 19.3 Å². The van der Waals surface area contributed by atoms with Gasteiger partial charge in [0.25, 0.3) is 5.56 Å². The Bertz CT molecular complexity index is 1020. The number of benzene rings is 1. The molecule has 2 aromatic heterocycles. The van der Waals surface area contributed by atoms with Gasteiger partial charge in [-0.2, -0.15) is 4.98 Å². The van der Waals surface area contributed by atoms with E-state index in [0.29, 0.717) is 23.9 Å². The van der Waals surface area contributed by atoms with Crippen LogP contribution in [-0.2, 0) is 0 Å². The topological polar surface area (TPSA) is 105 Å². The summed E-state index contributed by atoms with van der Waals surface area (Å²) in [6, 6.07) is 6.64. The highest BCUT2D eigenvalue weighted by Gasteiger charge is 2.12. The summed E-state index contributed by atoms with van der Waals surface area (Å²) in [7, 11) is 5.47. The molecule has 0 amide bonds. The first-order chi connectivity index (χ1) is 12.5. The maximum Gasteiger partial charge on any atom is 0.334 e. The Morgan fingerprint density at radius 1 is 1.23 bits per heavy atom. The van der Waals surface area contributed by atoms with Crippen molar-refractivity contribution in [1.29, 1.82) is 0 Å². The summed E-state index contributed by atoms with van der Waals surface area (Å²) < 4.78 is 6.14. The number of likely N-dealkylation sites (N-methyl/N-ethyl adjacent to an activating group) is 1. The first-order valence-electron chi connectivity index (χ1n) is 8.04. The molecule has 0 saturated heterocycles. The molecule has 0 bridgehead atoms. The fourth-order valence-corrected chi connectivity index (χ4v) is 2.45. The van der Waals surface area contributed by atoms with Gasteiger partial charge in [0.15, 0.2) is 5.65 Å². The second kappa shape index (κ2) is 7.36. The predicted molar refractivity (Wildman–Crippen MR) is 99.4 cm³/mol. The maximum atomic E-state index is 12.7. The van der Waals surface area contributed by atoms with E-state index in [-0.39, 0.29) is 11.0 Å². The average molecular weight is 356 g/mol. The van der Waals surface area contributed by atoms with Crippen LogP contribution in [0.15, 0.2) is 40.1 Å². The van der Waals surface area contributed by atoms with Gasteiger partial charge in [0.05, 0.1) is 12.8 Å². The predicted octanol–water partition coefficient (Wildman–Crippen LogP) is 0.451. The lowest BCUT2D eigenvalue weighted by Gasteiger charge is -2.11. The largest absolute Gasteiger partial charge is 0.497 e. The Balaban J connectivity index is 1.99. The number of H-pyrrole nitrogens is 1. The van der Waals surface area contributed by atoms with Crippen molar-refractivity contribution >= 4 is 17.0 Å². The molecule has 1 aromatic carbocycles. The van der Waals surface area contributed by atoms with E-state index in [0.717, 1.165) is 11.1 Å². The van der Waals surface area contributed by atoms with Crippen LogP contribution < -0.4 is 21.3 Å². The third kappa shape index (κ3) is 3.57. The molecular weight excluding hydrogens is 336 g/mol. The lowest BCUT2D eigenvalue weighted by molar-refractivity contribution is 0.414. The molecule has 3 aromatic rings. The number of aromatic amines is 1. The fourth-order valence-electron chi connectivity index (χ4n) is 2.45. The first-order valence-corrected chi connectivity index (χ1v) is 8.04. The van der Waals surface area contributed by atoms with Gasteiger partial charge in [-0.15, -0.1) is 0 Å². The van der Waals surface area contributed by atoms with Crippen molar-refractivity contribution in [2.24, 2.45) is 0 Å². The normalized spacial score (nSPS) is 11.1. The number of anilines is 1. The second-order valence-electron chi connectivity index (χ2n) is 5.95. The van der Waals surface area contributed by atoms with Gasteiger partial charge in [-0.3, -0.25) is 9.78 Å². The summed E-state index contributed by atoms with van der Waals surface area (Å²) in [5.74, 6) is 0.993. The quantitative estimate of drug-likeness (QED) is 0.661. The Hall–Kier alpha value is -3.20. The molecule has 0 aliphatic carbocycles. The highest BCUT2D eigenvalue weighted by molar-refractivity contribution is 5.73.